The third-order valence-corrected chi connectivity index (χ3v) is 20.6. The number of nitrogens with zero attached hydrogens (tertiary/aromatic N) is 2. The molecule has 6 nitrogen and oxygen atoms in total. The van der Waals surface area contributed by atoms with Crippen LogP contribution in [0.2, 0.25) is 19.6 Å². The normalized spacial score (nSPS) is 14.4. The van der Waals surface area contributed by atoms with E-state index in [1.54, 1.807) is 0 Å². The third-order valence-electron chi connectivity index (χ3n) is 18.2. The first-order chi connectivity index (χ1) is 41.6. The van der Waals surface area contributed by atoms with Gasteiger partial charge in [0.1, 0.15) is 11.2 Å². The van der Waals surface area contributed by atoms with Crippen molar-refractivity contribution in [2.45, 2.75) is 38.9 Å². The molecular formula is C78H57N2O4Si-. The summed E-state index contributed by atoms with van der Waals surface area (Å²) in [6.45, 7) is 11.9. The van der Waals surface area contributed by atoms with E-state index < -0.39 is 13.5 Å². The number of aryl methyl sites for hydroxylation is 2. The second-order valence-corrected chi connectivity index (χ2v) is 30.2. The Labute approximate surface area is 492 Å². The van der Waals surface area contributed by atoms with E-state index in [1.807, 2.05) is 12.1 Å². The van der Waals surface area contributed by atoms with Gasteiger partial charge in [-0.1, -0.05) is 60.7 Å². The average Bonchev–Trinajstić information content (AvgIpc) is 1.52. The Bertz CT molecular complexity index is 5390. The fraction of sp³-hybridized carbons (Fsp3) is 0.0769. The Morgan fingerprint density at radius 3 is 1.34 bits per heavy atom. The zero-order chi connectivity index (χ0) is 56.9. The van der Waals surface area contributed by atoms with Gasteiger partial charge in [0.05, 0.1) is 0 Å². The maximum atomic E-state index is 7.67. The van der Waals surface area contributed by atoms with E-state index in [1.165, 1.54) is 21.9 Å². The molecular weight excluding hydrogens is 1060 g/mol. The summed E-state index contributed by atoms with van der Waals surface area (Å²) >= 11 is 0. The van der Waals surface area contributed by atoms with Gasteiger partial charge in [-0.25, -0.2) is 0 Å². The van der Waals surface area contributed by atoms with Crippen LogP contribution >= 0.6 is 0 Å². The second kappa shape index (κ2) is 18.3. The molecule has 0 fully saturated rings. The predicted molar refractivity (Wildman–Crippen MR) is 356 cm³/mol. The number of para-hydroxylation sites is 8. The summed E-state index contributed by atoms with van der Waals surface area (Å²) in [4.78, 5) is 4.79. The van der Waals surface area contributed by atoms with Crippen LogP contribution in [0.3, 0.4) is 0 Å². The van der Waals surface area contributed by atoms with Crippen molar-refractivity contribution in [3.05, 3.63) is 282 Å². The van der Waals surface area contributed by atoms with Gasteiger partial charge < -0.3 is 0 Å². The first-order valence-corrected chi connectivity index (χ1v) is 33.6. The number of rotatable bonds is 9. The van der Waals surface area contributed by atoms with Crippen molar-refractivity contribution in [2.75, 3.05) is 9.80 Å². The molecule has 0 bridgehead atoms. The SMILES string of the molecule is Cc1ccc(C)c(C2(c3ccc([SiH-](C)(C)C)cc3)c3cc(N(c4ccccc4)c4cccc5c4oc4ccccc45)c4c(oc5ccccc54)c3-c3c2cc(N(c2ccccc2)c2cccc4c2oc2ccccc24)c2oc4ccccc4c32)c1. The molecule has 0 N–H and O–H groups in total. The van der Waals surface area contributed by atoms with Crippen LogP contribution in [0.15, 0.2) is 266 Å². The van der Waals surface area contributed by atoms with Crippen molar-refractivity contribution in [3.8, 4) is 11.1 Å². The number of anilines is 6. The minimum absolute atomic E-state index is 0.755. The molecule has 12 aromatic carbocycles. The van der Waals surface area contributed by atoms with E-state index in [0.29, 0.717) is 0 Å². The number of fused-ring (bicyclic) bond motifs is 17. The van der Waals surface area contributed by atoms with Crippen LogP contribution in [-0.2, 0) is 5.41 Å². The van der Waals surface area contributed by atoms with Gasteiger partial charge >= 0.3 is 400 Å². The molecule has 7 heteroatoms. The Hall–Kier alpha value is -10.3. The summed E-state index contributed by atoms with van der Waals surface area (Å²) in [7, 11) is -2.14. The topological polar surface area (TPSA) is 59.0 Å². The van der Waals surface area contributed by atoms with Crippen molar-refractivity contribution in [1.29, 1.82) is 0 Å². The van der Waals surface area contributed by atoms with Gasteiger partial charge in [-0.2, -0.15) is 0 Å². The van der Waals surface area contributed by atoms with Crippen LogP contribution in [-0.4, -0.2) is 8.07 Å². The Kier molecular flexibility index (Phi) is 10.6. The quantitative estimate of drug-likeness (QED) is 0.134. The third kappa shape index (κ3) is 7.11. The van der Waals surface area contributed by atoms with Gasteiger partial charge in [-0.15, -0.1) is 0 Å². The summed E-state index contributed by atoms with van der Waals surface area (Å²) in [6.07, 6.45) is 0. The molecule has 1 aliphatic carbocycles. The molecule has 1 atom stereocenters. The van der Waals surface area contributed by atoms with Gasteiger partial charge in [-0.05, 0) is 12.1 Å². The Morgan fingerprint density at radius 1 is 0.329 bits per heavy atom. The van der Waals surface area contributed by atoms with E-state index in [-0.39, 0.29) is 0 Å². The molecule has 1 unspecified atom stereocenters. The standard InChI is InChI=1S/C78H57N2O4Si/c1-47-38-39-48(2)59(44-47)78(49-40-42-52(43-41-49)85(3,4)5)60-46-65(80(51-24-10-7-11-25-51)63-33-21-31-56-54-27-13-17-35-67(54)82-75(56)63)76-71(58-29-15-19-37-69(58)83-76)72(60)73-61(78)45-64(70-57-28-14-18-36-68(57)84-77(70)73)79(50-22-8-6-9-23-50)62-32-20-30-55-53-26-12-16-34-66(53)81-74(55)62/h6-46,85H,1-5H3/q-1. The van der Waals surface area contributed by atoms with Crippen LogP contribution in [0.1, 0.15) is 33.4 Å². The molecule has 4 aromatic heterocycles. The number of furan rings is 4. The molecule has 85 heavy (non-hydrogen) atoms. The van der Waals surface area contributed by atoms with E-state index in [0.717, 1.165) is 150 Å². The summed E-state index contributed by atoms with van der Waals surface area (Å²) in [5.74, 6) is 0. The maximum absolute atomic E-state index is 7.67. The molecule has 1 aliphatic rings. The summed E-state index contributed by atoms with van der Waals surface area (Å²) < 4.78 is 29.2. The zero-order valence-electron chi connectivity index (χ0n) is 47.8. The van der Waals surface area contributed by atoms with E-state index in [4.69, 9.17) is 17.7 Å². The predicted octanol–water partition coefficient (Wildman–Crippen LogP) is 21.5. The van der Waals surface area contributed by atoms with Crippen LogP contribution in [0.4, 0.5) is 34.1 Å². The van der Waals surface area contributed by atoms with Crippen molar-refractivity contribution in [3.63, 3.8) is 0 Å². The molecule has 17 rings (SSSR count). The van der Waals surface area contributed by atoms with E-state index in [9.17, 15) is 0 Å². The van der Waals surface area contributed by atoms with Crippen molar-refractivity contribution < 1.29 is 17.7 Å². The van der Waals surface area contributed by atoms with Crippen molar-refractivity contribution >= 4 is 135 Å². The molecule has 0 saturated heterocycles. The average molecular weight is 1110 g/mol. The fourth-order valence-corrected chi connectivity index (χ4v) is 15.7. The molecule has 4 heterocycles. The second-order valence-electron chi connectivity index (χ2n) is 24.4. The number of benzene rings is 12. The zero-order valence-corrected chi connectivity index (χ0v) is 48.9. The van der Waals surface area contributed by atoms with Crippen LogP contribution in [0.25, 0.3) is 98.9 Å². The van der Waals surface area contributed by atoms with Crippen LogP contribution < -0.4 is 15.0 Å². The first-order valence-electron chi connectivity index (χ1n) is 29.6. The summed E-state index contributed by atoms with van der Waals surface area (Å²) in [5.41, 5.74) is 20.1. The molecule has 0 radical (unpaired) electrons. The minimum atomic E-state index is -2.14. The van der Waals surface area contributed by atoms with Crippen molar-refractivity contribution in [2.24, 2.45) is 0 Å². The molecule has 0 spiro atoms. The van der Waals surface area contributed by atoms with E-state index >= 15 is 0 Å². The molecule has 0 saturated carbocycles. The number of hydrogen-bond donors (Lipinski definition) is 0. The molecule has 16 aromatic rings. The summed E-state index contributed by atoms with van der Waals surface area (Å²) in [5, 5.41) is 9.67. The molecule has 408 valence electrons. The van der Waals surface area contributed by atoms with Gasteiger partial charge in [0.25, 0.3) is 0 Å². The van der Waals surface area contributed by atoms with Crippen LogP contribution in [0, 0.1) is 13.8 Å². The number of hydrogen-bond acceptors (Lipinski definition) is 6. The van der Waals surface area contributed by atoms with E-state index in [2.05, 4.69) is 280 Å². The van der Waals surface area contributed by atoms with Gasteiger partial charge in [0.15, 0.2) is 0 Å². The van der Waals surface area contributed by atoms with Crippen molar-refractivity contribution in [1.82, 2.24) is 0 Å². The van der Waals surface area contributed by atoms with Gasteiger partial charge in [0, 0.05) is 10.8 Å². The molecule has 0 aliphatic heterocycles. The van der Waals surface area contributed by atoms with Gasteiger partial charge in [-0.3, -0.25) is 0 Å². The Morgan fingerprint density at radius 2 is 0.776 bits per heavy atom. The molecule has 0 amide bonds. The Balaban J connectivity index is 1.10. The monoisotopic (exact) mass is 1110 g/mol. The summed E-state index contributed by atoms with van der Waals surface area (Å²) in [6, 6.07) is 90.0. The van der Waals surface area contributed by atoms with Crippen LogP contribution in [0.5, 0.6) is 0 Å². The van der Waals surface area contributed by atoms with Gasteiger partial charge in [0.2, 0.25) is 0 Å². The fourth-order valence-electron chi connectivity index (χ4n) is 14.3. The first kappa shape index (κ1) is 49.3.